The fourth-order valence-corrected chi connectivity index (χ4v) is 3.54. The number of nitrogens with zero attached hydrogens (tertiary/aromatic N) is 3. The van der Waals surface area contributed by atoms with Gasteiger partial charge in [0.1, 0.15) is 18.0 Å². The van der Waals surface area contributed by atoms with Crippen LogP contribution in [0.5, 0.6) is 6.01 Å². The number of carbonyl (C=O) groups excluding carboxylic acids is 1. The molecular formula is C24H25ClFN3O4. The standard InChI is InChI=1S/C24H25ClFN3O4/c1-5-32-23-28-21(25)20(13-27-31)29(23)14-16-11-10-15(12-19(16)26)17-8-6-7-9-18(17)22(30)33-24(2,3)4/h6-12H,5,13-14H2,1-4H3. The molecule has 0 saturated heterocycles. The topological polar surface area (TPSA) is 82.8 Å². The number of hydrogen-bond donors (Lipinski definition) is 0. The van der Waals surface area contributed by atoms with Crippen LogP contribution < -0.4 is 4.74 Å². The van der Waals surface area contributed by atoms with E-state index in [1.165, 1.54) is 10.6 Å². The summed E-state index contributed by atoms with van der Waals surface area (Å²) in [4.78, 5) is 27.6. The lowest BCUT2D eigenvalue weighted by atomic mass is 9.98. The summed E-state index contributed by atoms with van der Waals surface area (Å²) in [6.07, 6.45) is 0. The van der Waals surface area contributed by atoms with Crippen molar-refractivity contribution in [3.63, 3.8) is 0 Å². The largest absolute Gasteiger partial charge is 0.465 e. The number of nitroso groups, excluding NO2 is 1. The number of carbonyl (C=O) groups is 1. The molecule has 3 aromatic rings. The lowest BCUT2D eigenvalue weighted by Gasteiger charge is -2.20. The van der Waals surface area contributed by atoms with Gasteiger partial charge in [-0.2, -0.15) is 9.89 Å². The SMILES string of the molecule is CCOc1nc(Cl)c(CN=O)n1Cc1ccc(-c2ccccc2C(=O)OC(C)(C)C)cc1F. The van der Waals surface area contributed by atoms with E-state index >= 15 is 4.39 Å². The van der Waals surface area contributed by atoms with Gasteiger partial charge >= 0.3 is 5.97 Å². The van der Waals surface area contributed by atoms with Gasteiger partial charge in [-0.25, -0.2) is 9.18 Å². The van der Waals surface area contributed by atoms with Crippen LogP contribution in [0.25, 0.3) is 11.1 Å². The van der Waals surface area contributed by atoms with Crippen LogP contribution in [-0.2, 0) is 17.8 Å². The number of imidazole rings is 1. The van der Waals surface area contributed by atoms with Gasteiger partial charge in [-0.15, -0.1) is 0 Å². The van der Waals surface area contributed by atoms with Gasteiger partial charge in [0.2, 0.25) is 0 Å². The maximum atomic E-state index is 15.2. The minimum Gasteiger partial charge on any atom is -0.465 e. The van der Waals surface area contributed by atoms with Crippen LogP contribution in [0.15, 0.2) is 47.6 Å². The molecule has 7 nitrogen and oxygen atoms in total. The summed E-state index contributed by atoms with van der Waals surface area (Å²) in [5.74, 6) is -0.980. The van der Waals surface area contributed by atoms with Gasteiger partial charge in [-0.1, -0.05) is 47.1 Å². The summed E-state index contributed by atoms with van der Waals surface area (Å²) < 4.78 is 27.7. The highest BCUT2D eigenvalue weighted by Crippen LogP contribution is 2.29. The Kier molecular flexibility index (Phi) is 7.48. The third-order valence-electron chi connectivity index (χ3n) is 4.71. The molecule has 0 aliphatic carbocycles. The van der Waals surface area contributed by atoms with Gasteiger partial charge in [-0.3, -0.25) is 4.57 Å². The quantitative estimate of drug-likeness (QED) is 0.295. The average Bonchev–Trinajstić information content (AvgIpc) is 3.03. The highest BCUT2D eigenvalue weighted by Gasteiger charge is 2.22. The second kappa shape index (κ2) is 10.1. The maximum absolute atomic E-state index is 15.2. The summed E-state index contributed by atoms with van der Waals surface area (Å²) in [5, 5.41) is 2.97. The van der Waals surface area contributed by atoms with Crippen molar-refractivity contribution in [3.05, 3.63) is 75.2 Å². The Balaban J connectivity index is 1.96. The fraction of sp³-hybridized carbons (Fsp3) is 0.333. The van der Waals surface area contributed by atoms with E-state index < -0.39 is 17.4 Å². The average molecular weight is 474 g/mol. The lowest BCUT2D eigenvalue weighted by Crippen LogP contribution is -2.24. The van der Waals surface area contributed by atoms with Gasteiger partial charge in [-0.05, 0) is 51.0 Å². The molecule has 0 spiro atoms. The van der Waals surface area contributed by atoms with E-state index in [2.05, 4.69) is 10.2 Å². The van der Waals surface area contributed by atoms with Gasteiger partial charge in [0, 0.05) is 5.56 Å². The summed E-state index contributed by atoms with van der Waals surface area (Å²) in [5.41, 5.74) is 1.45. The highest BCUT2D eigenvalue weighted by molar-refractivity contribution is 6.30. The molecule has 0 saturated carbocycles. The van der Waals surface area contributed by atoms with Crippen molar-refractivity contribution in [2.24, 2.45) is 5.18 Å². The Hall–Kier alpha value is -3.26. The Morgan fingerprint density at radius 2 is 1.94 bits per heavy atom. The van der Waals surface area contributed by atoms with Crippen molar-refractivity contribution in [1.29, 1.82) is 0 Å². The first kappa shape index (κ1) is 24.4. The smallest absolute Gasteiger partial charge is 0.339 e. The van der Waals surface area contributed by atoms with Crippen molar-refractivity contribution in [2.75, 3.05) is 6.61 Å². The number of benzene rings is 2. The van der Waals surface area contributed by atoms with Crippen molar-refractivity contribution in [1.82, 2.24) is 9.55 Å². The predicted octanol–water partition coefficient (Wildman–Crippen LogP) is 6.01. The Bertz CT molecular complexity index is 1170. The Morgan fingerprint density at radius 3 is 2.58 bits per heavy atom. The van der Waals surface area contributed by atoms with E-state index in [0.717, 1.165) is 0 Å². The molecule has 0 fully saturated rings. The van der Waals surface area contributed by atoms with Crippen molar-refractivity contribution in [2.45, 2.75) is 46.4 Å². The van der Waals surface area contributed by atoms with E-state index in [-0.39, 0.29) is 24.3 Å². The molecule has 1 heterocycles. The third-order valence-corrected chi connectivity index (χ3v) is 5.02. The van der Waals surface area contributed by atoms with Gasteiger partial charge in [0.15, 0.2) is 5.15 Å². The van der Waals surface area contributed by atoms with Gasteiger partial charge in [0.05, 0.1) is 24.4 Å². The van der Waals surface area contributed by atoms with Crippen LogP contribution in [-0.4, -0.2) is 27.7 Å². The monoisotopic (exact) mass is 473 g/mol. The lowest BCUT2D eigenvalue weighted by molar-refractivity contribution is 0.00704. The molecule has 3 rings (SSSR count). The molecule has 0 radical (unpaired) electrons. The van der Waals surface area contributed by atoms with E-state index in [1.807, 2.05) is 0 Å². The number of hydrogen-bond acceptors (Lipinski definition) is 6. The van der Waals surface area contributed by atoms with Crippen LogP contribution in [0.1, 0.15) is 49.3 Å². The number of aromatic nitrogens is 2. The summed E-state index contributed by atoms with van der Waals surface area (Å²) >= 11 is 6.12. The Labute approximate surface area is 196 Å². The Morgan fingerprint density at radius 1 is 1.21 bits per heavy atom. The van der Waals surface area contributed by atoms with Crippen molar-refractivity contribution >= 4 is 17.6 Å². The van der Waals surface area contributed by atoms with Crippen LogP contribution in [0, 0.1) is 10.7 Å². The van der Waals surface area contributed by atoms with E-state index in [9.17, 15) is 9.70 Å². The first-order valence-corrected chi connectivity index (χ1v) is 10.8. The molecule has 0 bridgehead atoms. The molecule has 0 N–H and O–H groups in total. The first-order valence-electron chi connectivity index (χ1n) is 10.4. The summed E-state index contributed by atoms with van der Waals surface area (Å²) in [6, 6.07) is 11.8. The van der Waals surface area contributed by atoms with Crippen LogP contribution in [0.4, 0.5) is 4.39 Å². The number of esters is 1. The second-order valence-corrected chi connectivity index (χ2v) is 8.65. The molecule has 0 amide bonds. The van der Waals surface area contributed by atoms with E-state index in [4.69, 9.17) is 21.1 Å². The van der Waals surface area contributed by atoms with Crippen molar-refractivity contribution in [3.8, 4) is 17.1 Å². The summed E-state index contributed by atoms with van der Waals surface area (Å²) in [6.45, 7) is 7.29. The normalized spacial score (nSPS) is 11.3. The molecule has 0 unspecified atom stereocenters. The highest BCUT2D eigenvalue weighted by atomic mass is 35.5. The molecule has 0 aliphatic heterocycles. The van der Waals surface area contributed by atoms with E-state index in [1.54, 1.807) is 64.1 Å². The van der Waals surface area contributed by atoms with Crippen LogP contribution in [0.3, 0.4) is 0 Å². The molecule has 0 atom stereocenters. The number of ether oxygens (including phenoxy) is 2. The maximum Gasteiger partial charge on any atom is 0.339 e. The predicted molar refractivity (Wildman–Crippen MR) is 124 cm³/mol. The summed E-state index contributed by atoms with van der Waals surface area (Å²) in [7, 11) is 0. The molecule has 1 aromatic heterocycles. The van der Waals surface area contributed by atoms with Crippen LogP contribution >= 0.6 is 11.6 Å². The molecular weight excluding hydrogens is 449 g/mol. The number of halogens is 2. The zero-order valence-electron chi connectivity index (χ0n) is 18.9. The van der Waals surface area contributed by atoms with Crippen molar-refractivity contribution < 1.29 is 18.7 Å². The minimum atomic E-state index is -0.655. The third kappa shape index (κ3) is 5.76. The molecule has 174 valence electrons. The first-order chi connectivity index (χ1) is 15.6. The van der Waals surface area contributed by atoms with Gasteiger partial charge in [0.25, 0.3) is 6.01 Å². The molecule has 33 heavy (non-hydrogen) atoms. The zero-order valence-corrected chi connectivity index (χ0v) is 19.6. The number of rotatable bonds is 8. The molecule has 2 aromatic carbocycles. The minimum absolute atomic E-state index is 0.0414. The zero-order chi connectivity index (χ0) is 24.2. The molecule has 0 aliphatic rings. The van der Waals surface area contributed by atoms with E-state index in [0.29, 0.717) is 34.6 Å². The fourth-order valence-electron chi connectivity index (χ4n) is 3.31. The van der Waals surface area contributed by atoms with Gasteiger partial charge < -0.3 is 9.47 Å². The molecule has 9 heteroatoms. The van der Waals surface area contributed by atoms with Crippen LogP contribution in [0.2, 0.25) is 5.15 Å². The second-order valence-electron chi connectivity index (χ2n) is 8.29.